The molecule has 0 saturated heterocycles. The van der Waals surface area contributed by atoms with Gasteiger partial charge in [0.15, 0.2) is 0 Å². The van der Waals surface area contributed by atoms with Gasteiger partial charge in [-0.25, -0.2) is 0 Å². The molecule has 0 aliphatic heterocycles. The van der Waals surface area contributed by atoms with Crippen molar-refractivity contribution in [2.45, 2.75) is 173 Å². The average Bonchev–Trinajstić information content (AvgIpc) is 4.14. The molecule has 0 fully saturated rings. The van der Waals surface area contributed by atoms with E-state index in [1.165, 1.54) is 110 Å². The number of hydrogen-bond donors (Lipinski definition) is 0. The third-order valence-electron chi connectivity index (χ3n) is 14.6. The maximum atomic E-state index is 2.35. The molecule has 10 rings (SSSR count). The Balaban J connectivity index is 0.000000254. The second-order valence-electron chi connectivity index (χ2n) is 26.1. The van der Waals surface area contributed by atoms with Crippen LogP contribution in [-0.2, 0) is 68.3 Å². The first-order chi connectivity index (χ1) is 36.2. The second-order valence-corrected chi connectivity index (χ2v) is 40.9. The number of hydrogen-bond acceptors (Lipinski definition) is 0. The van der Waals surface area contributed by atoms with E-state index in [9.17, 15) is 0 Å². The van der Waals surface area contributed by atoms with Crippen LogP contribution >= 0.6 is 0 Å². The van der Waals surface area contributed by atoms with Gasteiger partial charge in [0, 0.05) is 0 Å². The van der Waals surface area contributed by atoms with Gasteiger partial charge in [-0.1, -0.05) is 185 Å². The summed E-state index contributed by atoms with van der Waals surface area (Å²) in [5.74, 6) is 0. The minimum absolute atomic E-state index is 0. The first kappa shape index (κ1) is 70.8. The number of aryl methyl sites for hydroxylation is 8. The SMILES string of the molecule is C[Si](=[Zr+2])c1ccccc1.C[Si](=[Zr+2])c1ccccc1.Cc1cc2c(C(C)(C)C)ccc(C)c2[cH-]1.Cc1cc2c(C(C)(C)C)ccc(C)c2[cH-]1.Cc1cc2c(C(C)(C)C)ccc(C)c2[cH-]1.Cc1cc2c(C(C)(C)C)ccc(C)c2[cH-]1.[Cl-].[Cl-]. The average molecular weight is 1290 g/mol. The Bertz CT molecular complexity index is 3190. The van der Waals surface area contributed by atoms with Crippen LogP contribution in [0.4, 0.5) is 0 Å². The Morgan fingerprint density at radius 3 is 0.637 bits per heavy atom. The summed E-state index contributed by atoms with van der Waals surface area (Å²) in [5.41, 5.74) is 17.5. The minimum atomic E-state index is -0.122. The first-order valence-corrected chi connectivity index (χ1v) is 39.5. The number of rotatable bonds is 2. The van der Waals surface area contributed by atoms with Gasteiger partial charge in [0.1, 0.15) is 0 Å². The van der Waals surface area contributed by atoms with Gasteiger partial charge in [-0.05, 0) is 21.7 Å². The Morgan fingerprint density at radius 1 is 0.300 bits per heavy atom. The Kier molecular flexibility index (Phi) is 26.4. The maximum absolute atomic E-state index is 2.35. The monoisotopic (exact) mass is 1290 g/mol. The standard InChI is InChI=1S/4C15H19.2C7H8Si.2ClH.2Zr/c4*1-10-8-12-11(2)6-7-14(13(12)9-10)15(3,4)5;2*1-8-7-5-3-2-4-6-7;;;;/h4*6-9H,1-5H3;2*2-6H,1H3;2*1H;;/q4*-1;;;;;2*+2/p-2. The van der Waals surface area contributed by atoms with E-state index in [0.717, 1.165) is 0 Å². The summed E-state index contributed by atoms with van der Waals surface area (Å²) >= 11 is 3.38. The normalized spacial score (nSPS) is 11.3. The fraction of sp³-hybridized carbons (Fsp3) is 0.351. The zero-order chi connectivity index (χ0) is 58.2. The van der Waals surface area contributed by atoms with Crippen molar-refractivity contribution in [1.82, 2.24) is 0 Å². The summed E-state index contributed by atoms with van der Waals surface area (Å²) in [6, 6.07) is 58.0. The molecule has 0 heterocycles. The van der Waals surface area contributed by atoms with Crippen LogP contribution in [0, 0.1) is 55.4 Å². The first-order valence-electron chi connectivity index (χ1n) is 28.1. The van der Waals surface area contributed by atoms with Crippen molar-refractivity contribution in [3.05, 3.63) is 224 Å². The van der Waals surface area contributed by atoms with Crippen LogP contribution in [0.1, 0.15) is 150 Å². The van der Waals surface area contributed by atoms with Gasteiger partial charge >= 0.3 is 142 Å². The van der Waals surface area contributed by atoms with Crippen LogP contribution in [0.15, 0.2) is 158 Å². The van der Waals surface area contributed by atoms with Crippen molar-refractivity contribution in [3.63, 3.8) is 0 Å². The molecule has 0 radical (unpaired) electrons. The molecule has 0 N–H and O–H groups in total. The van der Waals surface area contributed by atoms with Crippen LogP contribution in [0.25, 0.3) is 43.1 Å². The molecule has 0 aromatic heterocycles. The van der Waals surface area contributed by atoms with Gasteiger partial charge in [0.2, 0.25) is 0 Å². The van der Waals surface area contributed by atoms with Crippen LogP contribution in [0.3, 0.4) is 0 Å². The topological polar surface area (TPSA) is 0 Å². The smallest absolute Gasteiger partial charge is 0.0220 e. The number of halogens is 2. The summed E-state index contributed by atoms with van der Waals surface area (Å²) in [4.78, 5) is 0. The molecule has 0 nitrogen and oxygen atoms in total. The minimum Gasteiger partial charge on any atom is -1.00 e. The molecule has 0 saturated carbocycles. The molecule has 10 aromatic carbocycles. The van der Waals surface area contributed by atoms with Crippen LogP contribution < -0.4 is 35.2 Å². The van der Waals surface area contributed by atoms with Gasteiger partial charge in [0.05, 0.1) is 0 Å². The largest absolute Gasteiger partial charge is 1.00 e. The fourth-order valence-corrected chi connectivity index (χ4v) is 14.2. The molecule has 6 heteroatoms. The van der Waals surface area contributed by atoms with Crippen molar-refractivity contribution in [2.24, 2.45) is 0 Å². The molecule has 0 aliphatic carbocycles. The molecule has 80 heavy (non-hydrogen) atoms. The molecular weight excluding hydrogens is 1200 g/mol. The van der Waals surface area contributed by atoms with E-state index in [1.54, 1.807) is 57.0 Å². The fourth-order valence-electron chi connectivity index (χ4n) is 10.4. The van der Waals surface area contributed by atoms with Crippen LogP contribution in [0.2, 0.25) is 13.1 Å². The molecular formula is C74H92Cl2Si2Zr2-2. The Morgan fingerprint density at radius 2 is 0.487 bits per heavy atom. The van der Waals surface area contributed by atoms with Crippen molar-refractivity contribution >= 4 is 64.3 Å². The molecule has 0 atom stereocenters. The molecule has 0 amide bonds. The van der Waals surface area contributed by atoms with E-state index in [-0.39, 0.29) is 57.3 Å². The second kappa shape index (κ2) is 29.9. The molecule has 0 bridgehead atoms. The van der Waals surface area contributed by atoms with Crippen molar-refractivity contribution in [3.8, 4) is 0 Å². The van der Waals surface area contributed by atoms with Gasteiger partial charge in [-0.15, -0.1) is 136 Å². The zero-order valence-electron chi connectivity index (χ0n) is 52.8. The van der Waals surface area contributed by atoms with E-state index >= 15 is 0 Å². The third-order valence-corrected chi connectivity index (χ3v) is 21.3. The van der Waals surface area contributed by atoms with E-state index in [4.69, 9.17) is 0 Å². The molecule has 10 aromatic rings. The van der Waals surface area contributed by atoms with E-state index in [1.807, 2.05) is 0 Å². The predicted molar refractivity (Wildman–Crippen MR) is 346 cm³/mol. The van der Waals surface area contributed by atoms with E-state index in [2.05, 4.69) is 309 Å². The zero-order valence-corrected chi connectivity index (χ0v) is 61.2. The van der Waals surface area contributed by atoms with Crippen molar-refractivity contribution in [2.75, 3.05) is 0 Å². The third kappa shape index (κ3) is 19.3. The molecule has 420 valence electrons. The summed E-state index contributed by atoms with van der Waals surface area (Å²) < 4.78 is 0. The quantitative estimate of drug-likeness (QED) is 0.120. The van der Waals surface area contributed by atoms with Crippen LogP contribution in [-0.4, -0.2) is 10.9 Å². The van der Waals surface area contributed by atoms with E-state index < -0.39 is 0 Å². The van der Waals surface area contributed by atoms with E-state index in [0.29, 0.717) is 0 Å². The Labute approximate surface area is 528 Å². The molecule has 0 spiro atoms. The summed E-state index contributed by atoms with van der Waals surface area (Å²) in [7, 11) is 0. The van der Waals surface area contributed by atoms with Gasteiger partial charge in [-0.3, -0.25) is 0 Å². The van der Waals surface area contributed by atoms with Crippen LogP contribution in [0.5, 0.6) is 0 Å². The predicted octanol–water partition coefficient (Wildman–Crippen LogP) is 14.0. The number of fused-ring (bicyclic) bond motifs is 4. The summed E-state index contributed by atoms with van der Waals surface area (Å²) in [6.07, 6.45) is 0. The molecule has 0 unspecified atom stereocenters. The Hall–Kier alpha value is -3.46. The summed E-state index contributed by atoms with van der Waals surface area (Å²) in [6.45, 7) is 49.5. The van der Waals surface area contributed by atoms with Crippen molar-refractivity contribution in [1.29, 1.82) is 0 Å². The van der Waals surface area contributed by atoms with Gasteiger partial charge < -0.3 is 24.8 Å². The maximum Gasteiger partial charge on any atom is -0.0220 e. The molecule has 0 aliphatic rings. The summed E-state index contributed by atoms with van der Waals surface area (Å²) in [5, 5.41) is 14.5. The van der Waals surface area contributed by atoms with Crippen molar-refractivity contribution < 1.29 is 71.5 Å². The van der Waals surface area contributed by atoms with Gasteiger partial charge in [-0.2, -0.15) is 24.3 Å². The number of benzene rings is 6. The van der Waals surface area contributed by atoms with Gasteiger partial charge in [0.25, 0.3) is 0 Å².